The normalized spacial score (nSPS) is 10.8. The molecule has 0 atom stereocenters. The molecule has 1 nitrogen and oxygen atoms in total. The molecular weight excluding hydrogens is 148 g/mol. The molecule has 0 fully saturated rings. The average Bonchev–Trinajstić information content (AvgIpc) is 1.85. The van der Waals surface area contributed by atoms with Crippen molar-refractivity contribution in [2.24, 2.45) is 0 Å². The van der Waals surface area contributed by atoms with Crippen molar-refractivity contribution in [2.45, 2.75) is 6.92 Å². The summed E-state index contributed by atoms with van der Waals surface area (Å²) in [6, 6.07) is 0. The van der Waals surface area contributed by atoms with Crippen LogP contribution in [0.25, 0.3) is 0 Å². The van der Waals surface area contributed by atoms with Crippen molar-refractivity contribution in [1.82, 2.24) is 0 Å². The lowest BCUT2D eigenvalue weighted by Crippen LogP contribution is -1.81. The van der Waals surface area contributed by atoms with Gasteiger partial charge in [0.1, 0.15) is 0 Å². The Balaban J connectivity index is 4.33. The van der Waals surface area contributed by atoms with Crippen LogP contribution in [0.1, 0.15) is 6.92 Å². The molecule has 0 aromatic heterocycles. The van der Waals surface area contributed by atoms with E-state index in [4.69, 9.17) is 11.6 Å². The Labute approximate surface area is 65.7 Å². The first-order valence-corrected chi connectivity index (χ1v) is 3.13. The number of hydrogen-bond donors (Lipinski definition) is 0. The maximum Gasteiger partial charge on any atom is 0.150 e. The second-order valence-electron chi connectivity index (χ2n) is 1.98. The summed E-state index contributed by atoms with van der Waals surface area (Å²) >= 11 is 5.60. The van der Waals surface area contributed by atoms with E-state index >= 15 is 0 Å². The molecule has 0 heterocycles. The molecule has 0 spiro atoms. The van der Waals surface area contributed by atoms with E-state index in [1.165, 1.54) is 0 Å². The molecule has 0 unspecified atom stereocenters. The third kappa shape index (κ3) is 3.25. The molecule has 0 aromatic carbocycles. The Morgan fingerprint density at radius 1 is 1.50 bits per heavy atom. The highest BCUT2D eigenvalue weighted by Gasteiger charge is 1.94. The van der Waals surface area contributed by atoms with Gasteiger partial charge in [-0.25, -0.2) is 0 Å². The smallest absolute Gasteiger partial charge is 0.150 e. The van der Waals surface area contributed by atoms with Gasteiger partial charge < -0.3 is 0 Å². The van der Waals surface area contributed by atoms with Crippen LogP contribution >= 0.6 is 11.6 Å². The molecule has 0 aliphatic carbocycles. The predicted octanol–water partition coefficient (Wildman–Crippen LogP) is 2.44. The molecule has 0 radical (unpaired) electrons. The maximum atomic E-state index is 10.1. The molecule has 0 saturated heterocycles. The first-order chi connectivity index (χ1) is 4.57. The van der Waals surface area contributed by atoms with Crippen molar-refractivity contribution in [3.8, 4) is 0 Å². The van der Waals surface area contributed by atoms with E-state index in [2.05, 4.69) is 13.2 Å². The highest BCUT2D eigenvalue weighted by Crippen LogP contribution is 2.12. The maximum absolute atomic E-state index is 10.1. The van der Waals surface area contributed by atoms with Gasteiger partial charge in [-0.05, 0) is 13.0 Å². The number of allylic oxidation sites excluding steroid dienone is 4. The summed E-state index contributed by atoms with van der Waals surface area (Å²) in [6.07, 6.45) is 2.21. The molecule has 0 bridgehead atoms. The van der Waals surface area contributed by atoms with Gasteiger partial charge in [0.2, 0.25) is 0 Å². The summed E-state index contributed by atoms with van der Waals surface area (Å²) < 4.78 is 0. The Bertz CT molecular complexity index is 201. The van der Waals surface area contributed by atoms with Crippen molar-refractivity contribution in [1.29, 1.82) is 0 Å². The minimum Gasteiger partial charge on any atom is -0.298 e. The van der Waals surface area contributed by atoms with Crippen LogP contribution in [0.5, 0.6) is 0 Å². The average molecular weight is 157 g/mol. The standard InChI is InChI=1S/C8H9ClO/c1-6(2)4-8(9)7(3)5-10/h4-5H,1,3H2,2H3/b8-4+. The summed E-state index contributed by atoms with van der Waals surface area (Å²) in [5, 5.41) is 0.350. The Morgan fingerprint density at radius 3 is 2.30 bits per heavy atom. The number of carbonyl (C=O) groups excluding carboxylic acids is 1. The highest BCUT2D eigenvalue weighted by molar-refractivity contribution is 6.34. The van der Waals surface area contributed by atoms with Crippen LogP contribution in [-0.2, 0) is 4.79 Å². The molecule has 10 heavy (non-hydrogen) atoms. The van der Waals surface area contributed by atoms with E-state index in [9.17, 15) is 4.79 Å². The quantitative estimate of drug-likeness (QED) is 0.349. The third-order valence-electron chi connectivity index (χ3n) is 0.822. The second kappa shape index (κ2) is 4.07. The topological polar surface area (TPSA) is 17.1 Å². The zero-order chi connectivity index (χ0) is 8.15. The van der Waals surface area contributed by atoms with Gasteiger partial charge in [-0.15, -0.1) is 0 Å². The van der Waals surface area contributed by atoms with Crippen molar-refractivity contribution < 1.29 is 4.79 Å². The van der Waals surface area contributed by atoms with Crippen LogP contribution in [0.2, 0.25) is 0 Å². The lowest BCUT2D eigenvalue weighted by Gasteiger charge is -1.92. The molecule has 0 aliphatic rings. The number of hydrogen-bond acceptors (Lipinski definition) is 1. The van der Waals surface area contributed by atoms with E-state index in [1.807, 2.05) is 0 Å². The van der Waals surface area contributed by atoms with Gasteiger partial charge in [0.15, 0.2) is 6.29 Å². The highest BCUT2D eigenvalue weighted by atomic mass is 35.5. The van der Waals surface area contributed by atoms with Gasteiger partial charge in [0.25, 0.3) is 0 Å². The fourth-order valence-electron chi connectivity index (χ4n) is 0.365. The van der Waals surface area contributed by atoms with Crippen LogP contribution in [-0.4, -0.2) is 6.29 Å². The van der Waals surface area contributed by atoms with Crippen LogP contribution in [0.4, 0.5) is 0 Å². The Morgan fingerprint density at radius 2 is 2.00 bits per heavy atom. The number of rotatable bonds is 3. The summed E-state index contributed by atoms with van der Waals surface area (Å²) in [5.74, 6) is 0. The first kappa shape index (κ1) is 9.18. The molecule has 2 heteroatoms. The van der Waals surface area contributed by atoms with Gasteiger partial charge >= 0.3 is 0 Å². The number of aldehydes is 1. The van der Waals surface area contributed by atoms with Gasteiger partial charge in [-0.2, -0.15) is 0 Å². The summed E-state index contributed by atoms with van der Waals surface area (Å²) in [7, 11) is 0. The Kier molecular flexibility index (Phi) is 3.74. The summed E-state index contributed by atoms with van der Waals surface area (Å²) in [5.41, 5.74) is 1.08. The van der Waals surface area contributed by atoms with Crippen LogP contribution in [0.3, 0.4) is 0 Å². The molecule has 0 aromatic rings. The van der Waals surface area contributed by atoms with Crippen LogP contribution in [0, 0.1) is 0 Å². The van der Waals surface area contributed by atoms with E-state index in [0.29, 0.717) is 11.3 Å². The number of carbonyl (C=O) groups is 1. The van der Waals surface area contributed by atoms with Crippen LogP contribution in [0.15, 0.2) is 35.4 Å². The fraction of sp³-hybridized carbons (Fsp3) is 0.125. The number of halogens is 1. The fourth-order valence-corrected chi connectivity index (χ4v) is 0.596. The zero-order valence-corrected chi connectivity index (χ0v) is 6.61. The van der Waals surface area contributed by atoms with E-state index in [1.54, 1.807) is 13.0 Å². The van der Waals surface area contributed by atoms with Gasteiger partial charge in [0.05, 0.1) is 5.03 Å². The first-order valence-electron chi connectivity index (χ1n) is 2.75. The largest absolute Gasteiger partial charge is 0.298 e. The summed E-state index contributed by atoms with van der Waals surface area (Å²) in [6.45, 7) is 8.80. The molecule has 0 N–H and O–H groups in total. The van der Waals surface area contributed by atoms with Gasteiger partial charge in [-0.3, -0.25) is 4.79 Å². The minimum absolute atomic E-state index is 0.282. The third-order valence-corrected chi connectivity index (χ3v) is 1.17. The van der Waals surface area contributed by atoms with Crippen LogP contribution < -0.4 is 0 Å². The van der Waals surface area contributed by atoms with Crippen molar-refractivity contribution in [3.05, 3.63) is 35.4 Å². The van der Waals surface area contributed by atoms with Gasteiger partial charge in [0, 0.05) is 5.57 Å². The molecule has 54 valence electrons. The predicted molar refractivity (Wildman–Crippen MR) is 44.0 cm³/mol. The monoisotopic (exact) mass is 156 g/mol. The van der Waals surface area contributed by atoms with E-state index < -0.39 is 0 Å². The SMILES string of the molecule is C=C(C)/C=C(/Cl)C(=C)C=O. The van der Waals surface area contributed by atoms with E-state index in [-0.39, 0.29) is 5.57 Å². The van der Waals surface area contributed by atoms with Crippen molar-refractivity contribution >= 4 is 17.9 Å². The lowest BCUT2D eigenvalue weighted by atomic mass is 10.2. The Hall–Kier alpha value is -0.820. The molecule has 0 saturated carbocycles. The zero-order valence-electron chi connectivity index (χ0n) is 5.86. The molecular formula is C8H9ClO. The summed E-state index contributed by atoms with van der Waals surface area (Å²) in [4.78, 5) is 10.1. The minimum atomic E-state index is 0.282. The van der Waals surface area contributed by atoms with Crippen molar-refractivity contribution in [2.75, 3.05) is 0 Å². The lowest BCUT2D eigenvalue weighted by molar-refractivity contribution is -0.104. The van der Waals surface area contributed by atoms with Gasteiger partial charge in [-0.1, -0.05) is 30.3 Å². The molecule has 0 amide bonds. The molecule has 0 aliphatic heterocycles. The van der Waals surface area contributed by atoms with Crippen molar-refractivity contribution in [3.63, 3.8) is 0 Å². The second-order valence-corrected chi connectivity index (χ2v) is 2.39. The molecule has 0 rings (SSSR count). The van der Waals surface area contributed by atoms with E-state index in [0.717, 1.165) is 5.57 Å².